The van der Waals surface area contributed by atoms with E-state index < -0.39 is 0 Å². The van der Waals surface area contributed by atoms with E-state index in [0.717, 1.165) is 66.8 Å². The summed E-state index contributed by atoms with van der Waals surface area (Å²) in [6.07, 6.45) is 9.12. The van der Waals surface area contributed by atoms with E-state index in [-0.39, 0.29) is 0 Å². The third-order valence-corrected chi connectivity index (χ3v) is 5.80. The first-order valence-electron chi connectivity index (χ1n) is 10.8. The van der Waals surface area contributed by atoms with Gasteiger partial charge < -0.3 is 14.2 Å². The standard InChI is InChI=1S/C24H27N7/c1-18-3-4-20(26-17-18)15-22-27-21(13-19-5-7-30-8-6-25-23(30)14-19)16-24(28-22)31-11-9-29(2)10-12-31/h3-8,14,16-17H,9-13,15H2,1-2H3. The van der Waals surface area contributed by atoms with Gasteiger partial charge in [0.25, 0.3) is 0 Å². The van der Waals surface area contributed by atoms with Crippen molar-refractivity contribution in [3.8, 4) is 0 Å². The molecule has 1 saturated heterocycles. The zero-order chi connectivity index (χ0) is 21.2. The lowest BCUT2D eigenvalue weighted by atomic mass is 10.1. The Morgan fingerprint density at radius 2 is 1.74 bits per heavy atom. The van der Waals surface area contributed by atoms with Gasteiger partial charge in [-0.3, -0.25) is 4.98 Å². The Morgan fingerprint density at radius 1 is 0.871 bits per heavy atom. The lowest BCUT2D eigenvalue weighted by Crippen LogP contribution is -2.45. The minimum Gasteiger partial charge on any atom is -0.354 e. The molecule has 0 amide bonds. The average Bonchev–Trinajstić information content (AvgIpc) is 3.24. The quantitative estimate of drug-likeness (QED) is 0.501. The fourth-order valence-electron chi connectivity index (χ4n) is 3.94. The SMILES string of the molecule is Cc1ccc(Cc2nc(Cc3ccn4ccnc4c3)cc(N3CCN(C)CC3)n2)nc1. The van der Waals surface area contributed by atoms with Crippen LogP contribution < -0.4 is 4.90 Å². The maximum atomic E-state index is 4.92. The number of pyridine rings is 2. The Hall–Kier alpha value is -3.32. The van der Waals surface area contributed by atoms with Crippen molar-refractivity contribution in [2.75, 3.05) is 38.1 Å². The van der Waals surface area contributed by atoms with Crippen LogP contribution in [0.2, 0.25) is 0 Å². The van der Waals surface area contributed by atoms with E-state index >= 15 is 0 Å². The molecule has 1 fully saturated rings. The van der Waals surface area contributed by atoms with E-state index in [9.17, 15) is 0 Å². The third kappa shape index (κ3) is 4.56. The summed E-state index contributed by atoms with van der Waals surface area (Å²) in [6, 6.07) is 10.6. The first-order valence-corrected chi connectivity index (χ1v) is 10.8. The molecule has 5 heterocycles. The minimum absolute atomic E-state index is 0.633. The molecule has 4 aromatic rings. The highest BCUT2D eigenvalue weighted by molar-refractivity contribution is 5.45. The number of hydrogen-bond acceptors (Lipinski definition) is 6. The molecule has 0 N–H and O–H groups in total. The molecule has 1 aliphatic heterocycles. The Kier molecular flexibility index (Phi) is 5.34. The lowest BCUT2D eigenvalue weighted by Gasteiger charge is -2.33. The van der Waals surface area contributed by atoms with Gasteiger partial charge in [0.05, 0.1) is 12.1 Å². The first-order chi connectivity index (χ1) is 15.1. The fraction of sp³-hybridized carbons (Fsp3) is 0.333. The van der Waals surface area contributed by atoms with Crippen molar-refractivity contribution >= 4 is 11.5 Å². The summed E-state index contributed by atoms with van der Waals surface area (Å²) in [5.74, 6) is 1.84. The predicted molar refractivity (Wildman–Crippen MR) is 122 cm³/mol. The molecule has 0 unspecified atom stereocenters. The van der Waals surface area contributed by atoms with Gasteiger partial charge in [-0.15, -0.1) is 0 Å². The zero-order valence-electron chi connectivity index (χ0n) is 18.1. The summed E-state index contributed by atoms with van der Waals surface area (Å²) < 4.78 is 2.02. The third-order valence-electron chi connectivity index (χ3n) is 5.80. The van der Waals surface area contributed by atoms with Crippen LogP contribution in [0.25, 0.3) is 5.65 Å². The molecule has 0 spiro atoms. The van der Waals surface area contributed by atoms with Crippen molar-refractivity contribution in [1.82, 2.24) is 29.2 Å². The van der Waals surface area contributed by atoms with Gasteiger partial charge in [-0.25, -0.2) is 15.0 Å². The lowest BCUT2D eigenvalue weighted by molar-refractivity contribution is 0.312. The molecule has 5 rings (SSSR count). The monoisotopic (exact) mass is 413 g/mol. The smallest absolute Gasteiger partial charge is 0.136 e. The van der Waals surface area contributed by atoms with E-state index in [0.29, 0.717) is 6.42 Å². The fourth-order valence-corrected chi connectivity index (χ4v) is 3.94. The summed E-state index contributed by atoms with van der Waals surface area (Å²) in [5.41, 5.74) is 5.33. The summed E-state index contributed by atoms with van der Waals surface area (Å²) in [5, 5.41) is 0. The number of likely N-dealkylation sites (N-methyl/N-ethyl adjacent to an activating group) is 1. The van der Waals surface area contributed by atoms with E-state index in [1.165, 1.54) is 5.56 Å². The molecule has 0 atom stereocenters. The highest BCUT2D eigenvalue weighted by Crippen LogP contribution is 2.19. The number of rotatable bonds is 5. The topological polar surface area (TPSA) is 62.5 Å². The predicted octanol–water partition coefficient (Wildman–Crippen LogP) is 2.76. The summed E-state index contributed by atoms with van der Waals surface area (Å²) in [7, 11) is 2.17. The summed E-state index contributed by atoms with van der Waals surface area (Å²) in [6.45, 7) is 6.11. The van der Waals surface area contributed by atoms with Crippen LogP contribution in [-0.2, 0) is 12.8 Å². The minimum atomic E-state index is 0.633. The normalized spacial score (nSPS) is 15.0. The zero-order valence-corrected chi connectivity index (χ0v) is 18.1. The number of anilines is 1. The molecule has 0 radical (unpaired) electrons. The largest absolute Gasteiger partial charge is 0.354 e. The van der Waals surface area contributed by atoms with Crippen LogP contribution in [0.4, 0.5) is 5.82 Å². The van der Waals surface area contributed by atoms with Crippen LogP contribution >= 0.6 is 0 Å². The van der Waals surface area contributed by atoms with Crippen molar-refractivity contribution < 1.29 is 0 Å². The second-order valence-electron chi connectivity index (χ2n) is 8.33. The molecule has 0 aromatic carbocycles. The number of aryl methyl sites for hydroxylation is 1. The summed E-state index contributed by atoms with van der Waals surface area (Å²) >= 11 is 0. The van der Waals surface area contributed by atoms with Crippen LogP contribution in [0.5, 0.6) is 0 Å². The van der Waals surface area contributed by atoms with E-state index in [4.69, 9.17) is 9.97 Å². The van der Waals surface area contributed by atoms with Crippen molar-refractivity contribution in [2.45, 2.75) is 19.8 Å². The molecule has 0 bridgehead atoms. The number of imidazole rings is 1. The Labute approximate surface area is 182 Å². The van der Waals surface area contributed by atoms with Gasteiger partial charge in [-0.05, 0) is 43.3 Å². The molecular formula is C24H27N7. The molecule has 7 nitrogen and oxygen atoms in total. The van der Waals surface area contributed by atoms with E-state index in [1.807, 2.05) is 23.0 Å². The Balaban J connectivity index is 1.46. The highest BCUT2D eigenvalue weighted by atomic mass is 15.3. The molecule has 1 aliphatic rings. The number of aromatic nitrogens is 5. The second-order valence-corrected chi connectivity index (χ2v) is 8.33. The molecule has 0 aliphatic carbocycles. The van der Waals surface area contributed by atoms with Crippen molar-refractivity contribution in [3.63, 3.8) is 0 Å². The van der Waals surface area contributed by atoms with Gasteiger partial charge in [0.1, 0.15) is 17.3 Å². The van der Waals surface area contributed by atoms with Crippen molar-refractivity contribution in [3.05, 3.63) is 83.5 Å². The maximum Gasteiger partial charge on any atom is 0.136 e. The van der Waals surface area contributed by atoms with Gasteiger partial charge in [0.15, 0.2) is 0 Å². The number of nitrogens with zero attached hydrogens (tertiary/aromatic N) is 7. The molecule has 158 valence electrons. The molecular weight excluding hydrogens is 386 g/mol. The number of hydrogen-bond donors (Lipinski definition) is 0. The van der Waals surface area contributed by atoms with Gasteiger partial charge in [-0.2, -0.15) is 0 Å². The van der Waals surface area contributed by atoms with Crippen LogP contribution in [0.1, 0.15) is 28.3 Å². The van der Waals surface area contributed by atoms with Gasteiger partial charge in [0, 0.05) is 69.1 Å². The Bertz CT molecular complexity index is 1170. The van der Waals surface area contributed by atoms with Crippen LogP contribution in [0.3, 0.4) is 0 Å². The van der Waals surface area contributed by atoms with Gasteiger partial charge in [0.2, 0.25) is 0 Å². The van der Waals surface area contributed by atoms with Crippen LogP contribution in [-0.4, -0.2) is 62.5 Å². The highest BCUT2D eigenvalue weighted by Gasteiger charge is 2.18. The first kappa shape index (κ1) is 19.6. The Morgan fingerprint density at radius 3 is 2.55 bits per heavy atom. The average molecular weight is 414 g/mol. The van der Waals surface area contributed by atoms with E-state index in [1.54, 1.807) is 0 Å². The summed E-state index contributed by atoms with van der Waals surface area (Å²) in [4.78, 5) is 23.5. The van der Waals surface area contributed by atoms with Crippen LogP contribution in [0.15, 0.2) is 55.1 Å². The number of piperazine rings is 1. The number of fused-ring (bicyclic) bond motifs is 1. The van der Waals surface area contributed by atoms with Gasteiger partial charge in [-0.1, -0.05) is 6.07 Å². The maximum absolute atomic E-state index is 4.92. The van der Waals surface area contributed by atoms with Crippen molar-refractivity contribution in [1.29, 1.82) is 0 Å². The second kappa shape index (κ2) is 8.43. The van der Waals surface area contributed by atoms with Gasteiger partial charge >= 0.3 is 0 Å². The molecule has 0 saturated carbocycles. The molecule has 31 heavy (non-hydrogen) atoms. The van der Waals surface area contributed by atoms with E-state index in [2.05, 4.69) is 70.3 Å². The van der Waals surface area contributed by atoms with Crippen molar-refractivity contribution in [2.24, 2.45) is 0 Å². The molecule has 7 heteroatoms. The molecule has 4 aromatic heterocycles. The van der Waals surface area contributed by atoms with Crippen LogP contribution in [0, 0.1) is 6.92 Å².